The fraction of sp³-hybridized carbons (Fsp3) is 0.0909. The van der Waals surface area contributed by atoms with Crippen LogP contribution in [0.4, 0.5) is 43.7 Å². The Labute approximate surface area is 259 Å². The molecule has 4 N–H and O–H groups in total. The Bertz CT molecular complexity index is 1640. The summed E-state index contributed by atoms with van der Waals surface area (Å²) in [5.74, 6) is -0.603. The third kappa shape index (κ3) is 5.88. The highest BCUT2D eigenvalue weighted by Gasteiger charge is 2.34. The Morgan fingerprint density at radius 1 is 0.762 bits per heavy atom. The van der Waals surface area contributed by atoms with Crippen molar-refractivity contribution in [2.75, 3.05) is 11.5 Å². The lowest BCUT2D eigenvalue weighted by Gasteiger charge is -2.13. The predicted octanol–water partition coefficient (Wildman–Crippen LogP) is 9.10. The third-order valence-electron chi connectivity index (χ3n) is 5.29. The number of nitrogens with two attached hydrogens (primary N) is 2. The van der Waals surface area contributed by atoms with E-state index >= 15 is 0 Å². The molecule has 2 aromatic carbocycles. The molecule has 2 aromatic heterocycles. The van der Waals surface area contributed by atoms with Crippen LogP contribution in [0.5, 0.6) is 0 Å². The lowest BCUT2D eigenvalue weighted by Crippen LogP contribution is -2.08. The number of nitriles is 1. The zero-order chi connectivity index (χ0) is 31.3. The summed E-state index contributed by atoms with van der Waals surface area (Å²) in [5, 5.41) is 16.0. The van der Waals surface area contributed by atoms with E-state index in [4.69, 9.17) is 64.4 Å². The quantitative estimate of drug-likeness (QED) is 0.121. The fourth-order valence-corrected chi connectivity index (χ4v) is 6.72. The normalized spacial score (nSPS) is 11.9. The van der Waals surface area contributed by atoms with Gasteiger partial charge < -0.3 is 11.5 Å². The molecule has 0 aliphatic heterocycles. The van der Waals surface area contributed by atoms with Crippen molar-refractivity contribution in [2.24, 2.45) is 0 Å². The maximum atomic E-state index is 13.1. The SMILES string of the molecule is [C-]#[N+]c1c(SSc2nn(-c3c(Cl)cc(C(F)(F)F)cc3Cl)c(N)c2C#N)nn(-c2c(Cl)cc(C(F)(F)F)cc2Cl)c1N. The summed E-state index contributed by atoms with van der Waals surface area (Å²) in [7, 11) is 1.52. The number of benzene rings is 2. The zero-order valence-corrected chi connectivity index (χ0v) is 24.4. The molecule has 4 rings (SSSR count). The van der Waals surface area contributed by atoms with Crippen molar-refractivity contribution in [2.45, 2.75) is 22.4 Å². The highest BCUT2D eigenvalue weighted by atomic mass is 35.5. The van der Waals surface area contributed by atoms with Crippen LogP contribution in [-0.4, -0.2) is 19.6 Å². The predicted molar refractivity (Wildman–Crippen MR) is 149 cm³/mol. The molecule has 0 radical (unpaired) electrons. The summed E-state index contributed by atoms with van der Waals surface area (Å²) >= 11 is 24.3. The average Bonchev–Trinajstić information content (AvgIpc) is 3.35. The van der Waals surface area contributed by atoms with Gasteiger partial charge in [-0.3, -0.25) is 0 Å². The van der Waals surface area contributed by atoms with Crippen molar-refractivity contribution in [1.82, 2.24) is 19.6 Å². The van der Waals surface area contributed by atoms with Gasteiger partial charge in [0.05, 0.1) is 37.8 Å². The monoisotopic (exact) mass is 702 g/mol. The molecule has 0 aliphatic carbocycles. The van der Waals surface area contributed by atoms with Crippen LogP contribution < -0.4 is 11.5 Å². The van der Waals surface area contributed by atoms with Gasteiger partial charge in [0.15, 0.2) is 0 Å². The van der Waals surface area contributed by atoms with Crippen molar-refractivity contribution in [3.8, 4) is 17.4 Å². The Morgan fingerprint density at radius 2 is 1.14 bits per heavy atom. The fourth-order valence-electron chi connectivity index (χ4n) is 3.42. The molecule has 0 saturated carbocycles. The number of rotatable bonds is 5. The minimum Gasteiger partial charge on any atom is -0.392 e. The van der Waals surface area contributed by atoms with Crippen LogP contribution in [0.3, 0.4) is 0 Å². The maximum absolute atomic E-state index is 13.1. The molecule has 0 aliphatic rings. The molecule has 8 nitrogen and oxygen atoms in total. The van der Waals surface area contributed by atoms with Gasteiger partial charge in [0, 0.05) is 0 Å². The molecule has 0 bridgehead atoms. The second kappa shape index (κ2) is 11.5. The van der Waals surface area contributed by atoms with Crippen molar-refractivity contribution in [3.05, 3.63) is 72.5 Å². The van der Waals surface area contributed by atoms with E-state index in [0.29, 0.717) is 24.3 Å². The summed E-state index contributed by atoms with van der Waals surface area (Å²) in [4.78, 5) is 3.31. The number of alkyl halides is 6. The number of nitrogen functional groups attached to an aromatic ring is 2. The van der Waals surface area contributed by atoms with Gasteiger partial charge in [-0.05, 0) is 45.9 Å². The molecule has 0 atom stereocenters. The van der Waals surface area contributed by atoms with Crippen molar-refractivity contribution >= 4 is 85.3 Å². The first-order chi connectivity index (χ1) is 19.5. The Balaban J connectivity index is 1.73. The van der Waals surface area contributed by atoms with Gasteiger partial charge in [-0.2, -0.15) is 41.8 Å². The van der Waals surface area contributed by atoms with Gasteiger partial charge >= 0.3 is 12.4 Å². The summed E-state index contributed by atoms with van der Waals surface area (Å²) in [6.45, 7) is 7.50. The van der Waals surface area contributed by atoms with Gasteiger partial charge in [-0.15, -0.1) is 0 Å². The number of hydrogen-bond donors (Lipinski definition) is 2. The first kappa shape index (κ1) is 31.8. The number of anilines is 2. The van der Waals surface area contributed by atoms with E-state index in [1.165, 1.54) is 0 Å². The van der Waals surface area contributed by atoms with E-state index in [1.54, 1.807) is 0 Å². The van der Waals surface area contributed by atoms with Crippen molar-refractivity contribution < 1.29 is 26.3 Å². The van der Waals surface area contributed by atoms with Gasteiger partial charge in [-0.1, -0.05) is 46.4 Å². The zero-order valence-electron chi connectivity index (χ0n) is 19.7. The molecule has 42 heavy (non-hydrogen) atoms. The summed E-state index contributed by atoms with van der Waals surface area (Å²) in [5.41, 5.74) is 8.96. The number of halogens is 10. The van der Waals surface area contributed by atoms with E-state index < -0.39 is 43.6 Å². The van der Waals surface area contributed by atoms with Gasteiger partial charge in [0.2, 0.25) is 0 Å². The first-order valence-corrected chi connectivity index (χ1v) is 14.2. The van der Waals surface area contributed by atoms with Crippen LogP contribution in [0.1, 0.15) is 16.7 Å². The largest absolute Gasteiger partial charge is 0.416 e. The van der Waals surface area contributed by atoms with Crippen molar-refractivity contribution in [1.29, 1.82) is 5.26 Å². The standard InChI is InChI=1S/C22H8Cl4F6N8S2/c1-36-14-18(35)40(16-12(25)4-8(5-13(16)26)22(30,31)32)38-20(14)42-41-19-9(6-33)17(34)39(37-19)15-10(23)2-7(3-11(15)24)21(27,28)29/h2-5H,34-35H2. The van der Waals surface area contributed by atoms with E-state index in [1.807, 2.05) is 6.07 Å². The summed E-state index contributed by atoms with van der Waals surface area (Å²) in [6.07, 6.45) is -9.48. The lowest BCUT2D eigenvalue weighted by atomic mass is 10.2. The Kier molecular flexibility index (Phi) is 8.72. The minimum atomic E-state index is -4.74. The lowest BCUT2D eigenvalue weighted by molar-refractivity contribution is -0.138. The number of hydrogen-bond acceptors (Lipinski definition) is 7. The summed E-state index contributed by atoms with van der Waals surface area (Å²) < 4.78 is 80.6. The van der Waals surface area contributed by atoms with Crippen molar-refractivity contribution in [3.63, 3.8) is 0 Å². The molecular formula is C22H8Cl4F6N8S2. The summed E-state index contributed by atoms with van der Waals surface area (Å²) in [6, 6.07) is 4.30. The van der Waals surface area contributed by atoms with E-state index in [9.17, 15) is 31.6 Å². The number of nitrogens with zero attached hydrogens (tertiary/aromatic N) is 6. The highest BCUT2D eigenvalue weighted by Crippen LogP contribution is 2.48. The maximum Gasteiger partial charge on any atom is 0.416 e. The topological polar surface area (TPSA) is 116 Å². The average molecular weight is 704 g/mol. The van der Waals surface area contributed by atoms with Gasteiger partial charge in [-0.25, -0.2) is 14.2 Å². The number of aromatic nitrogens is 4. The van der Waals surface area contributed by atoms with Crippen LogP contribution in [0, 0.1) is 17.9 Å². The smallest absolute Gasteiger partial charge is 0.392 e. The Hall–Kier alpha value is -3.12. The van der Waals surface area contributed by atoms with E-state index in [0.717, 1.165) is 31.0 Å². The molecule has 2 heterocycles. The van der Waals surface area contributed by atoms with Crippen LogP contribution in [0.25, 0.3) is 16.2 Å². The molecule has 4 aromatic rings. The molecule has 0 spiro atoms. The van der Waals surface area contributed by atoms with E-state index in [-0.39, 0.29) is 44.3 Å². The molecule has 0 fully saturated rings. The molecule has 0 saturated heterocycles. The molecule has 20 heteroatoms. The third-order valence-corrected chi connectivity index (χ3v) is 8.60. The molecule has 0 unspecified atom stereocenters. The Morgan fingerprint density at radius 3 is 1.52 bits per heavy atom. The molecule has 218 valence electrons. The second-order valence-corrected chi connectivity index (χ2v) is 11.6. The van der Waals surface area contributed by atoms with Crippen LogP contribution >= 0.6 is 68.0 Å². The minimum absolute atomic E-state index is 0.0675. The second-order valence-electron chi connectivity index (χ2n) is 7.89. The molecule has 0 amide bonds. The van der Waals surface area contributed by atoms with Gasteiger partial charge in [0.1, 0.15) is 44.7 Å². The highest BCUT2D eigenvalue weighted by molar-refractivity contribution is 8.76. The van der Waals surface area contributed by atoms with Gasteiger partial charge in [0.25, 0.3) is 5.69 Å². The molecular weight excluding hydrogens is 696 g/mol. The van der Waals surface area contributed by atoms with Crippen LogP contribution in [-0.2, 0) is 12.4 Å². The first-order valence-electron chi connectivity index (χ1n) is 10.5. The van der Waals surface area contributed by atoms with Crippen LogP contribution in [0.2, 0.25) is 20.1 Å². The van der Waals surface area contributed by atoms with E-state index in [2.05, 4.69) is 15.0 Å². The van der Waals surface area contributed by atoms with Crippen LogP contribution in [0.15, 0.2) is 34.3 Å².